The Labute approximate surface area is 221 Å². The van der Waals surface area contributed by atoms with Gasteiger partial charge in [0.15, 0.2) is 0 Å². The number of rotatable bonds is 11. The Morgan fingerprint density at radius 2 is 1.58 bits per heavy atom. The second kappa shape index (κ2) is 19.1. The van der Waals surface area contributed by atoms with E-state index in [0.29, 0.717) is 25.9 Å². The van der Waals surface area contributed by atoms with Crippen LogP contribution in [0.15, 0.2) is 18.2 Å². The molecule has 0 aliphatic heterocycles. The van der Waals surface area contributed by atoms with Crippen molar-refractivity contribution < 1.29 is 19.4 Å². The number of hydrogen-bond acceptors (Lipinski definition) is 5. The molecule has 0 heterocycles. The van der Waals surface area contributed by atoms with E-state index in [1.807, 2.05) is 34.6 Å². The molecule has 7 nitrogen and oxygen atoms in total. The van der Waals surface area contributed by atoms with E-state index in [9.17, 15) is 14.7 Å². The molecule has 3 N–H and O–H groups in total. The van der Waals surface area contributed by atoms with Gasteiger partial charge in [0.2, 0.25) is 5.91 Å². The first-order chi connectivity index (χ1) is 16.7. The summed E-state index contributed by atoms with van der Waals surface area (Å²) in [5.74, 6) is 0.145. The summed E-state index contributed by atoms with van der Waals surface area (Å²) in [6.45, 7) is 17.0. The van der Waals surface area contributed by atoms with Gasteiger partial charge >= 0.3 is 6.09 Å². The van der Waals surface area contributed by atoms with Gasteiger partial charge in [-0.3, -0.25) is 4.79 Å². The summed E-state index contributed by atoms with van der Waals surface area (Å²) in [5.41, 5.74) is 9.34. The number of carbonyl (C=O) groups is 2. The number of likely N-dealkylation sites (N-methyl/N-ethyl adjacent to an activating group) is 2. The SMILES string of the molecule is CC.CCC.COC(=O)N(C)CCN(C)C(=O)CCc1ccc(CC(C)(C)N)cc1CC(C)[C@@H](C)O. The molecule has 36 heavy (non-hydrogen) atoms. The van der Waals surface area contributed by atoms with E-state index in [2.05, 4.69) is 36.8 Å². The first-order valence-electron chi connectivity index (χ1n) is 13.4. The van der Waals surface area contributed by atoms with Crippen molar-refractivity contribution in [3.8, 4) is 0 Å². The number of hydrogen-bond donors (Lipinski definition) is 2. The van der Waals surface area contributed by atoms with Crippen molar-refractivity contribution in [2.45, 2.75) is 99.1 Å². The lowest BCUT2D eigenvalue weighted by molar-refractivity contribution is -0.130. The summed E-state index contributed by atoms with van der Waals surface area (Å²) >= 11 is 0. The van der Waals surface area contributed by atoms with Gasteiger partial charge in [0.1, 0.15) is 0 Å². The second-order valence-corrected chi connectivity index (χ2v) is 10.1. The zero-order valence-corrected chi connectivity index (χ0v) is 25.0. The molecule has 210 valence electrons. The lowest BCUT2D eigenvalue weighted by atomic mass is 9.88. The summed E-state index contributed by atoms with van der Waals surface area (Å²) in [6.07, 6.45) is 2.96. The van der Waals surface area contributed by atoms with E-state index in [4.69, 9.17) is 5.73 Å². The van der Waals surface area contributed by atoms with E-state index in [0.717, 1.165) is 24.0 Å². The molecular weight excluding hydrogens is 454 g/mol. The molecule has 1 aromatic rings. The van der Waals surface area contributed by atoms with Gasteiger partial charge in [-0.15, -0.1) is 0 Å². The van der Waals surface area contributed by atoms with Crippen molar-refractivity contribution in [2.24, 2.45) is 11.7 Å². The fourth-order valence-electron chi connectivity index (χ4n) is 3.37. The van der Waals surface area contributed by atoms with Gasteiger partial charge < -0.3 is 25.4 Å². The van der Waals surface area contributed by atoms with E-state index < -0.39 is 12.2 Å². The Kier molecular flexibility index (Phi) is 19.1. The summed E-state index contributed by atoms with van der Waals surface area (Å²) in [6, 6.07) is 6.34. The van der Waals surface area contributed by atoms with Crippen LogP contribution in [0.2, 0.25) is 0 Å². The third kappa shape index (κ3) is 15.8. The van der Waals surface area contributed by atoms with E-state index in [-0.39, 0.29) is 17.4 Å². The molecule has 1 aromatic carbocycles. The van der Waals surface area contributed by atoms with Crippen LogP contribution in [0.5, 0.6) is 0 Å². The van der Waals surface area contributed by atoms with Crippen LogP contribution in [0.25, 0.3) is 0 Å². The highest BCUT2D eigenvalue weighted by Crippen LogP contribution is 2.22. The zero-order chi connectivity index (χ0) is 28.5. The average molecular weight is 510 g/mol. The molecule has 7 heteroatoms. The predicted molar refractivity (Wildman–Crippen MR) is 151 cm³/mol. The van der Waals surface area contributed by atoms with Gasteiger partial charge in [-0.2, -0.15) is 0 Å². The van der Waals surface area contributed by atoms with Crippen molar-refractivity contribution in [1.29, 1.82) is 0 Å². The van der Waals surface area contributed by atoms with Gasteiger partial charge in [0, 0.05) is 39.1 Å². The Balaban J connectivity index is 0. The third-order valence-electron chi connectivity index (χ3n) is 5.59. The van der Waals surface area contributed by atoms with Crippen LogP contribution < -0.4 is 5.73 Å². The van der Waals surface area contributed by atoms with Crippen molar-refractivity contribution in [1.82, 2.24) is 9.80 Å². The van der Waals surface area contributed by atoms with E-state index >= 15 is 0 Å². The molecule has 0 fully saturated rings. The molecule has 0 spiro atoms. The van der Waals surface area contributed by atoms with Crippen molar-refractivity contribution in [2.75, 3.05) is 34.3 Å². The molecule has 0 aromatic heterocycles. The normalized spacial score (nSPS) is 12.2. The Morgan fingerprint density at radius 1 is 1.06 bits per heavy atom. The number of benzene rings is 1. The standard InChI is InChI=1S/C24H41N3O4.C3H8.C2H6/c1-17(18(2)28)14-21-15-19(16-24(3,4)25)8-9-20(21)10-11-22(29)26(5)12-13-27(6)23(30)31-7;1-3-2;1-2/h8-9,15,17-18,28H,10-14,16,25H2,1-7H3;3H2,1-2H3;1-2H3/t17?,18-;;/m1../s1. The molecule has 2 atom stereocenters. The molecule has 0 aliphatic rings. The average Bonchev–Trinajstić information content (AvgIpc) is 2.81. The number of aliphatic hydroxyl groups is 1. The first kappa shape index (κ1) is 36.0. The lowest BCUT2D eigenvalue weighted by Gasteiger charge is -2.23. The molecule has 1 unspecified atom stereocenters. The molecule has 0 saturated carbocycles. The number of amides is 2. The quantitative estimate of drug-likeness (QED) is 0.435. The highest BCUT2D eigenvalue weighted by molar-refractivity contribution is 5.76. The van der Waals surface area contributed by atoms with Crippen molar-refractivity contribution in [3.05, 3.63) is 34.9 Å². The Hall–Kier alpha value is -2.12. The fourth-order valence-corrected chi connectivity index (χ4v) is 3.37. The number of ether oxygens (including phenoxy) is 1. The highest BCUT2D eigenvalue weighted by Gasteiger charge is 2.18. The maximum absolute atomic E-state index is 12.6. The largest absolute Gasteiger partial charge is 0.453 e. The number of nitrogens with zero attached hydrogens (tertiary/aromatic N) is 2. The van der Waals surface area contributed by atoms with Crippen LogP contribution >= 0.6 is 0 Å². The second-order valence-electron chi connectivity index (χ2n) is 10.1. The minimum Gasteiger partial charge on any atom is -0.453 e. The maximum Gasteiger partial charge on any atom is 0.409 e. The first-order valence-corrected chi connectivity index (χ1v) is 13.4. The van der Waals surface area contributed by atoms with Gasteiger partial charge in [-0.1, -0.05) is 59.2 Å². The number of aryl methyl sites for hydroxylation is 1. The fraction of sp³-hybridized carbons (Fsp3) is 0.724. The van der Waals surface area contributed by atoms with Crippen LogP contribution in [0.1, 0.15) is 84.9 Å². The topological polar surface area (TPSA) is 96.1 Å². The Bertz CT molecular complexity index is 745. The minimum absolute atomic E-state index is 0.0277. The summed E-state index contributed by atoms with van der Waals surface area (Å²) in [4.78, 5) is 27.1. The summed E-state index contributed by atoms with van der Waals surface area (Å²) in [5, 5.41) is 9.96. The van der Waals surface area contributed by atoms with Crippen LogP contribution in [0, 0.1) is 5.92 Å². The third-order valence-corrected chi connectivity index (χ3v) is 5.59. The van der Waals surface area contributed by atoms with Gasteiger partial charge in [0.05, 0.1) is 13.2 Å². The molecule has 0 aliphatic carbocycles. The predicted octanol–water partition coefficient (Wildman–Crippen LogP) is 5.06. The van der Waals surface area contributed by atoms with E-state index in [1.54, 1.807) is 25.9 Å². The van der Waals surface area contributed by atoms with Crippen LogP contribution in [0.4, 0.5) is 4.79 Å². The van der Waals surface area contributed by atoms with Gasteiger partial charge in [-0.25, -0.2) is 4.79 Å². The molecule has 0 bridgehead atoms. The molecule has 0 radical (unpaired) electrons. The van der Waals surface area contributed by atoms with Gasteiger partial charge in [-0.05, 0) is 62.6 Å². The van der Waals surface area contributed by atoms with Crippen LogP contribution in [-0.2, 0) is 28.8 Å². The zero-order valence-electron chi connectivity index (χ0n) is 25.0. The number of methoxy groups -OCH3 is 1. The minimum atomic E-state index is -0.418. The maximum atomic E-state index is 12.6. The van der Waals surface area contributed by atoms with Crippen LogP contribution in [0.3, 0.4) is 0 Å². The van der Waals surface area contributed by atoms with Gasteiger partial charge in [0.25, 0.3) is 0 Å². The smallest absolute Gasteiger partial charge is 0.409 e. The molecule has 1 rings (SSSR count). The summed E-state index contributed by atoms with van der Waals surface area (Å²) < 4.78 is 4.67. The Morgan fingerprint density at radius 3 is 2.06 bits per heavy atom. The van der Waals surface area contributed by atoms with Crippen molar-refractivity contribution >= 4 is 12.0 Å². The number of aliphatic hydroxyl groups excluding tert-OH is 1. The van der Waals surface area contributed by atoms with E-state index in [1.165, 1.54) is 24.0 Å². The summed E-state index contributed by atoms with van der Waals surface area (Å²) in [7, 11) is 4.73. The molecule has 2 amide bonds. The van der Waals surface area contributed by atoms with Crippen LogP contribution in [-0.4, -0.2) is 72.8 Å². The number of carbonyl (C=O) groups excluding carboxylic acids is 2. The highest BCUT2D eigenvalue weighted by atomic mass is 16.5. The molecule has 0 saturated heterocycles. The molecular formula is C29H55N3O4. The monoisotopic (exact) mass is 509 g/mol. The number of nitrogens with two attached hydrogens (primary N) is 1. The van der Waals surface area contributed by atoms with Crippen molar-refractivity contribution in [3.63, 3.8) is 0 Å². The lowest BCUT2D eigenvalue weighted by Crippen LogP contribution is -2.37.